The number of nitrogens with one attached hydrogen (secondary N) is 1. The van der Waals surface area contributed by atoms with Crippen molar-refractivity contribution in [3.05, 3.63) is 17.5 Å². The minimum atomic E-state index is -0.250. The van der Waals surface area contributed by atoms with Crippen LogP contribution in [0, 0.1) is 6.92 Å². The second-order valence-corrected chi connectivity index (χ2v) is 3.96. The van der Waals surface area contributed by atoms with Crippen molar-refractivity contribution >= 4 is 5.97 Å². The lowest BCUT2D eigenvalue weighted by Gasteiger charge is -2.14. The molecule has 0 aliphatic rings. The standard InChI is InChI=1S/C12H21N3O2/c1-5-11(12(16)17-4)13-8-10-7-9(3)14-15(10)6-2/h7,11,13H,5-6,8H2,1-4H3. The van der Waals surface area contributed by atoms with Crippen LogP contribution in [0.2, 0.25) is 0 Å². The van der Waals surface area contributed by atoms with Crippen LogP contribution in [-0.2, 0) is 22.6 Å². The Hall–Kier alpha value is -1.36. The van der Waals surface area contributed by atoms with Gasteiger partial charge in [-0.15, -0.1) is 0 Å². The van der Waals surface area contributed by atoms with E-state index in [1.54, 1.807) is 0 Å². The van der Waals surface area contributed by atoms with E-state index in [1.165, 1.54) is 7.11 Å². The first kappa shape index (κ1) is 13.7. The zero-order chi connectivity index (χ0) is 12.8. The fraction of sp³-hybridized carbons (Fsp3) is 0.667. The molecule has 1 heterocycles. The lowest BCUT2D eigenvalue weighted by atomic mass is 10.2. The summed E-state index contributed by atoms with van der Waals surface area (Å²) >= 11 is 0. The number of rotatable bonds is 6. The van der Waals surface area contributed by atoms with Crippen LogP contribution in [0.1, 0.15) is 31.7 Å². The van der Waals surface area contributed by atoms with Crippen molar-refractivity contribution in [2.75, 3.05) is 7.11 Å². The third-order valence-corrected chi connectivity index (χ3v) is 2.71. The van der Waals surface area contributed by atoms with E-state index in [2.05, 4.69) is 10.4 Å². The monoisotopic (exact) mass is 239 g/mol. The number of nitrogens with zero attached hydrogens (tertiary/aromatic N) is 2. The highest BCUT2D eigenvalue weighted by molar-refractivity contribution is 5.75. The Bertz CT molecular complexity index is 374. The Balaban J connectivity index is 2.62. The molecule has 17 heavy (non-hydrogen) atoms. The van der Waals surface area contributed by atoms with Gasteiger partial charge in [-0.25, -0.2) is 0 Å². The van der Waals surface area contributed by atoms with E-state index in [0.29, 0.717) is 13.0 Å². The molecule has 0 aromatic carbocycles. The van der Waals surface area contributed by atoms with Gasteiger partial charge in [0.05, 0.1) is 18.5 Å². The summed E-state index contributed by atoms with van der Waals surface area (Å²) in [7, 11) is 1.41. The minimum Gasteiger partial charge on any atom is -0.468 e. The summed E-state index contributed by atoms with van der Waals surface area (Å²) in [6, 6.07) is 1.78. The van der Waals surface area contributed by atoms with Crippen LogP contribution < -0.4 is 5.32 Å². The second kappa shape index (κ2) is 6.39. The highest BCUT2D eigenvalue weighted by atomic mass is 16.5. The van der Waals surface area contributed by atoms with Crippen molar-refractivity contribution in [2.24, 2.45) is 0 Å². The quantitative estimate of drug-likeness (QED) is 0.759. The number of methoxy groups -OCH3 is 1. The van der Waals surface area contributed by atoms with Gasteiger partial charge in [-0.3, -0.25) is 14.8 Å². The molecule has 0 aliphatic heterocycles. The van der Waals surface area contributed by atoms with Crippen LogP contribution >= 0.6 is 0 Å². The van der Waals surface area contributed by atoms with Crippen molar-refractivity contribution in [1.29, 1.82) is 0 Å². The molecule has 0 radical (unpaired) electrons. The SMILES string of the molecule is CCC(NCc1cc(C)nn1CC)C(=O)OC. The van der Waals surface area contributed by atoms with Crippen LogP contribution in [0.15, 0.2) is 6.07 Å². The predicted molar refractivity (Wildman–Crippen MR) is 65.6 cm³/mol. The molecule has 5 nitrogen and oxygen atoms in total. The number of carbonyl (C=O) groups is 1. The third kappa shape index (κ3) is 3.56. The first-order chi connectivity index (χ1) is 8.12. The Morgan fingerprint density at radius 2 is 2.29 bits per heavy atom. The smallest absolute Gasteiger partial charge is 0.322 e. The van der Waals surface area contributed by atoms with Gasteiger partial charge in [0.25, 0.3) is 0 Å². The molecule has 0 spiro atoms. The predicted octanol–water partition coefficient (Wildman–Crippen LogP) is 1.25. The Morgan fingerprint density at radius 3 is 2.82 bits per heavy atom. The molecule has 1 unspecified atom stereocenters. The summed E-state index contributed by atoms with van der Waals surface area (Å²) in [5.74, 6) is -0.216. The zero-order valence-corrected chi connectivity index (χ0v) is 11.0. The summed E-state index contributed by atoms with van der Waals surface area (Å²) in [6.07, 6.45) is 0.714. The second-order valence-electron chi connectivity index (χ2n) is 3.96. The molecule has 0 bridgehead atoms. The van der Waals surface area contributed by atoms with E-state index in [9.17, 15) is 4.79 Å². The summed E-state index contributed by atoms with van der Waals surface area (Å²) in [5, 5.41) is 7.55. The fourth-order valence-corrected chi connectivity index (χ4v) is 1.78. The van der Waals surface area contributed by atoms with Crippen LogP contribution in [0.5, 0.6) is 0 Å². The molecule has 0 fully saturated rings. The molecule has 0 saturated heterocycles. The van der Waals surface area contributed by atoms with Crippen molar-refractivity contribution < 1.29 is 9.53 Å². The van der Waals surface area contributed by atoms with Gasteiger partial charge in [0.2, 0.25) is 0 Å². The topological polar surface area (TPSA) is 56.2 Å². The fourth-order valence-electron chi connectivity index (χ4n) is 1.78. The maximum Gasteiger partial charge on any atom is 0.322 e. The number of carbonyl (C=O) groups excluding carboxylic acids is 1. The van der Waals surface area contributed by atoms with E-state index in [-0.39, 0.29) is 12.0 Å². The average molecular weight is 239 g/mol. The third-order valence-electron chi connectivity index (χ3n) is 2.71. The molecule has 0 amide bonds. The maximum atomic E-state index is 11.4. The van der Waals surface area contributed by atoms with Gasteiger partial charge in [0.15, 0.2) is 0 Å². The molecule has 1 aromatic rings. The summed E-state index contributed by atoms with van der Waals surface area (Å²) < 4.78 is 6.67. The first-order valence-electron chi connectivity index (χ1n) is 5.96. The normalized spacial score (nSPS) is 12.5. The highest BCUT2D eigenvalue weighted by Gasteiger charge is 2.16. The van der Waals surface area contributed by atoms with E-state index in [1.807, 2.05) is 31.5 Å². The van der Waals surface area contributed by atoms with Gasteiger partial charge in [0, 0.05) is 13.1 Å². The molecule has 0 aliphatic carbocycles. The van der Waals surface area contributed by atoms with Crippen LogP contribution in [-0.4, -0.2) is 28.9 Å². The molecule has 1 atom stereocenters. The number of aryl methyl sites for hydroxylation is 2. The minimum absolute atomic E-state index is 0.216. The lowest BCUT2D eigenvalue weighted by Crippen LogP contribution is -2.37. The van der Waals surface area contributed by atoms with Crippen LogP contribution in [0.25, 0.3) is 0 Å². The van der Waals surface area contributed by atoms with Crippen molar-refractivity contribution in [2.45, 2.75) is 46.3 Å². The zero-order valence-electron chi connectivity index (χ0n) is 11.0. The van der Waals surface area contributed by atoms with E-state index >= 15 is 0 Å². The average Bonchev–Trinajstić information content (AvgIpc) is 2.70. The summed E-state index contributed by atoms with van der Waals surface area (Å²) in [4.78, 5) is 11.4. The number of hydrogen-bond acceptors (Lipinski definition) is 4. The van der Waals surface area contributed by atoms with Crippen LogP contribution in [0.4, 0.5) is 0 Å². The number of hydrogen-bond donors (Lipinski definition) is 1. The number of ether oxygens (including phenoxy) is 1. The van der Waals surface area contributed by atoms with Gasteiger partial charge in [0.1, 0.15) is 6.04 Å². The van der Waals surface area contributed by atoms with Gasteiger partial charge in [-0.2, -0.15) is 5.10 Å². The van der Waals surface area contributed by atoms with Gasteiger partial charge in [-0.1, -0.05) is 6.92 Å². The van der Waals surface area contributed by atoms with E-state index in [0.717, 1.165) is 17.9 Å². The van der Waals surface area contributed by atoms with Crippen molar-refractivity contribution in [3.63, 3.8) is 0 Å². The molecule has 0 saturated carbocycles. The van der Waals surface area contributed by atoms with Crippen molar-refractivity contribution in [1.82, 2.24) is 15.1 Å². The molecule has 96 valence electrons. The molecular formula is C12H21N3O2. The van der Waals surface area contributed by atoms with Gasteiger partial charge < -0.3 is 4.74 Å². The molecule has 1 rings (SSSR count). The molecule has 5 heteroatoms. The number of aromatic nitrogens is 2. The van der Waals surface area contributed by atoms with Gasteiger partial charge >= 0.3 is 5.97 Å². The Labute approximate surface area is 102 Å². The molecule has 1 N–H and O–H groups in total. The van der Waals surface area contributed by atoms with Crippen LogP contribution in [0.3, 0.4) is 0 Å². The first-order valence-corrected chi connectivity index (χ1v) is 5.96. The largest absolute Gasteiger partial charge is 0.468 e. The highest BCUT2D eigenvalue weighted by Crippen LogP contribution is 2.05. The summed E-state index contributed by atoms with van der Waals surface area (Å²) in [5.41, 5.74) is 2.09. The van der Waals surface area contributed by atoms with E-state index < -0.39 is 0 Å². The van der Waals surface area contributed by atoms with E-state index in [4.69, 9.17) is 4.74 Å². The lowest BCUT2D eigenvalue weighted by molar-refractivity contribution is -0.143. The molecular weight excluding hydrogens is 218 g/mol. The Kier molecular flexibility index (Phi) is 5.15. The number of esters is 1. The van der Waals surface area contributed by atoms with Crippen molar-refractivity contribution in [3.8, 4) is 0 Å². The summed E-state index contributed by atoms with van der Waals surface area (Å²) in [6.45, 7) is 7.43. The van der Waals surface area contributed by atoms with Gasteiger partial charge in [-0.05, 0) is 26.3 Å². The Morgan fingerprint density at radius 1 is 1.59 bits per heavy atom. The maximum absolute atomic E-state index is 11.4. The molecule has 1 aromatic heterocycles.